The molecule has 0 bridgehead atoms. The Bertz CT molecular complexity index is 549. The van der Waals surface area contributed by atoms with Crippen LogP contribution in [0, 0.1) is 0 Å². The predicted octanol–water partition coefficient (Wildman–Crippen LogP) is 2.96. The zero-order valence-electron chi connectivity index (χ0n) is 8.45. The molecule has 1 heterocycles. The molecule has 3 nitrogen and oxygen atoms in total. The van der Waals surface area contributed by atoms with E-state index < -0.39 is 0 Å². The largest absolute Gasteiger partial charge is 0.288 e. The first kappa shape index (κ1) is 11.2. The van der Waals surface area contributed by atoms with E-state index in [0.29, 0.717) is 21.2 Å². The quantitative estimate of drug-likeness (QED) is 0.773. The summed E-state index contributed by atoms with van der Waals surface area (Å²) in [6.45, 7) is 0. The van der Waals surface area contributed by atoms with Crippen molar-refractivity contribution in [2.24, 2.45) is 7.05 Å². The lowest BCUT2D eigenvalue weighted by Gasteiger charge is -2.01. The fourth-order valence-corrected chi connectivity index (χ4v) is 1.86. The fourth-order valence-electron chi connectivity index (χ4n) is 1.37. The molecule has 0 saturated carbocycles. The first-order valence-electron chi connectivity index (χ1n) is 4.56. The Morgan fingerprint density at radius 2 is 2.12 bits per heavy atom. The Morgan fingerprint density at radius 1 is 1.38 bits per heavy atom. The molecule has 0 atom stereocenters. The maximum atomic E-state index is 12.0. The van der Waals surface area contributed by atoms with Crippen LogP contribution in [0.1, 0.15) is 15.9 Å². The summed E-state index contributed by atoms with van der Waals surface area (Å²) in [6.07, 6.45) is 3.15. The number of aromatic nitrogens is 2. The van der Waals surface area contributed by atoms with Gasteiger partial charge in [-0.25, -0.2) is 0 Å². The number of hydrogen-bond donors (Lipinski definition) is 0. The van der Waals surface area contributed by atoms with E-state index in [1.54, 1.807) is 36.1 Å². The van der Waals surface area contributed by atoms with Crippen LogP contribution in [0.25, 0.3) is 0 Å². The standard InChI is InChI=1S/C11H8Cl2N2O/c1-15-6-7(5-14-15)11(16)9-3-2-8(12)4-10(9)13/h2-6H,1H3. The molecule has 0 aliphatic rings. The number of carbonyl (C=O) groups excluding carboxylic acids is 1. The Hall–Kier alpha value is -1.32. The number of hydrogen-bond acceptors (Lipinski definition) is 2. The van der Waals surface area contributed by atoms with Gasteiger partial charge in [0.1, 0.15) is 0 Å². The summed E-state index contributed by atoms with van der Waals surface area (Å²) in [4.78, 5) is 12.0. The number of aryl methyl sites for hydroxylation is 1. The Labute approximate surface area is 103 Å². The summed E-state index contributed by atoms with van der Waals surface area (Å²) in [5.41, 5.74) is 0.936. The van der Waals surface area contributed by atoms with E-state index in [1.165, 1.54) is 6.20 Å². The molecule has 2 rings (SSSR count). The lowest BCUT2D eigenvalue weighted by Crippen LogP contribution is -2.00. The van der Waals surface area contributed by atoms with Gasteiger partial charge in [0.2, 0.25) is 0 Å². The molecule has 2 aromatic rings. The molecular weight excluding hydrogens is 247 g/mol. The van der Waals surface area contributed by atoms with Gasteiger partial charge in [-0.15, -0.1) is 0 Å². The number of ketones is 1. The van der Waals surface area contributed by atoms with Crippen LogP contribution in [0.3, 0.4) is 0 Å². The second kappa shape index (κ2) is 4.28. The Balaban J connectivity index is 2.41. The summed E-state index contributed by atoms with van der Waals surface area (Å²) in [5, 5.41) is 4.79. The van der Waals surface area contributed by atoms with Crippen molar-refractivity contribution in [3.05, 3.63) is 51.8 Å². The van der Waals surface area contributed by atoms with Crippen molar-refractivity contribution >= 4 is 29.0 Å². The van der Waals surface area contributed by atoms with Crippen LogP contribution in [0.5, 0.6) is 0 Å². The van der Waals surface area contributed by atoms with Gasteiger partial charge in [-0.1, -0.05) is 23.2 Å². The van der Waals surface area contributed by atoms with Crippen LogP contribution in [-0.4, -0.2) is 15.6 Å². The molecule has 0 amide bonds. The average Bonchev–Trinajstić information content (AvgIpc) is 2.64. The van der Waals surface area contributed by atoms with Crippen molar-refractivity contribution in [2.45, 2.75) is 0 Å². The minimum absolute atomic E-state index is 0.158. The van der Waals surface area contributed by atoms with E-state index in [-0.39, 0.29) is 5.78 Å². The van der Waals surface area contributed by atoms with Crippen LogP contribution in [-0.2, 0) is 7.05 Å². The summed E-state index contributed by atoms with van der Waals surface area (Å²) in [5.74, 6) is -0.158. The van der Waals surface area contributed by atoms with Crippen molar-refractivity contribution in [1.29, 1.82) is 0 Å². The lowest BCUT2D eigenvalue weighted by atomic mass is 10.1. The summed E-state index contributed by atoms with van der Waals surface area (Å²) in [7, 11) is 1.75. The average molecular weight is 255 g/mol. The van der Waals surface area contributed by atoms with Gasteiger partial charge in [0.25, 0.3) is 0 Å². The zero-order valence-corrected chi connectivity index (χ0v) is 9.96. The van der Waals surface area contributed by atoms with Crippen molar-refractivity contribution in [3.63, 3.8) is 0 Å². The molecular formula is C11H8Cl2N2O. The molecule has 1 aromatic heterocycles. The third kappa shape index (κ3) is 2.10. The highest BCUT2D eigenvalue weighted by atomic mass is 35.5. The van der Waals surface area contributed by atoms with Gasteiger partial charge in [0.15, 0.2) is 5.78 Å². The van der Waals surface area contributed by atoms with Crippen LogP contribution in [0.15, 0.2) is 30.6 Å². The summed E-state index contributed by atoms with van der Waals surface area (Å²) in [6, 6.07) is 4.80. The summed E-state index contributed by atoms with van der Waals surface area (Å²) < 4.78 is 1.57. The maximum Gasteiger partial charge on any atom is 0.197 e. The van der Waals surface area contributed by atoms with Gasteiger partial charge in [-0.3, -0.25) is 9.48 Å². The van der Waals surface area contributed by atoms with Crippen LogP contribution >= 0.6 is 23.2 Å². The molecule has 16 heavy (non-hydrogen) atoms. The highest BCUT2D eigenvalue weighted by Gasteiger charge is 2.14. The molecule has 0 unspecified atom stereocenters. The molecule has 82 valence electrons. The zero-order chi connectivity index (χ0) is 11.7. The monoisotopic (exact) mass is 254 g/mol. The topological polar surface area (TPSA) is 34.9 Å². The number of halogens is 2. The Morgan fingerprint density at radius 3 is 2.69 bits per heavy atom. The highest BCUT2D eigenvalue weighted by Crippen LogP contribution is 2.23. The summed E-state index contributed by atoms with van der Waals surface area (Å²) >= 11 is 11.7. The van der Waals surface area contributed by atoms with Crippen molar-refractivity contribution in [1.82, 2.24) is 9.78 Å². The number of carbonyl (C=O) groups is 1. The van der Waals surface area contributed by atoms with E-state index in [9.17, 15) is 4.79 Å². The highest BCUT2D eigenvalue weighted by molar-refractivity contribution is 6.37. The van der Waals surface area contributed by atoms with E-state index in [1.807, 2.05) is 0 Å². The van der Waals surface area contributed by atoms with Crippen LogP contribution in [0.4, 0.5) is 0 Å². The van der Waals surface area contributed by atoms with Crippen molar-refractivity contribution < 1.29 is 4.79 Å². The molecule has 1 aromatic carbocycles. The minimum atomic E-state index is -0.158. The van der Waals surface area contributed by atoms with Crippen LogP contribution < -0.4 is 0 Å². The van der Waals surface area contributed by atoms with Gasteiger partial charge >= 0.3 is 0 Å². The normalized spacial score (nSPS) is 10.4. The van der Waals surface area contributed by atoms with Crippen molar-refractivity contribution in [3.8, 4) is 0 Å². The van der Waals surface area contributed by atoms with Crippen molar-refractivity contribution in [2.75, 3.05) is 0 Å². The lowest BCUT2D eigenvalue weighted by molar-refractivity contribution is 0.103. The van der Waals surface area contributed by atoms with Gasteiger partial charge in [0, 0.05) is 23.8 Å². The Kier molecular flexibility index (Phi) is 2.99. The molecule has 0 saturated heterocycles. The molecule has 0 aliphatic carbocycles. The van der Waals surface area contributed by atoms with Gasteiger partial charge in [0.05, 0.1) is 16.8 Å². The van der Waals surface area contributed by atoms with E-state index in [4.69, 9.17) is 23.2 Å². The fraction of sp³-hybridized carbons (Fsp3) is 0.0909. The first-order chi connectivity index (χ1) is 7.58. The number of rotatable bonds is 2. The third-order valence-corrected chi connectivity index (χ3v) is 2.69. The van der Waals surface area contributed by atoms with Crippen LogP contribution in [0.2, 0.25) is 10.0 Å². The molecule has 0 aliphatic heterocycles. The smallest absolute Gasteiger partial charge is 0.197 e. The van der Waals surface area contributed by atoms with Gasteiger partial charge < -0.3 is 0 Å². The minimum Gasteiger partial charge on any atom is -0.288 e. The molecule has 5 heteroatoms. The first-order valence-corrected chi connectivity index (χ1v) is 5.32. The molecule has 0 radical (unpaired) electrons. The molecule has 0 spiro atoms. The van der Waals surface area contributed by atoms with E-state index >= 15 is 0 Å². The van der Waals surface area contributed by atoms with Gasteiger partial charge in [-0.05, 0) is 18.2 Å². The van der Waals surface area contributed by atoms with E-state index in [0.717, 1.165) is 0 Å². The van der Waals surface area contributed by atoms with Gasteiger partial charge in [-0.2, -0.15) is 5.10 Å². The SMILES string of the molecule is Cn1cc(C(=O)c2ccc(Cl)cc2Cl)cn1. The predicted molar refractivity (Wildman–Crippen MR) is 63.1 cm³/mol. The molecule has 0 N–H and O–H groups in total. The third-order valence-electron chi connectivity index (χ3n) is 2.14. The van der Waals surface area contributed by atoms with E-state index in [2.05, 4.69) is 5.10 Å². The maximum absolute atomic E-state index is 12.0. The second-order valence-electron chi connectivity index (χ2n) is 3.36. The number of benzene rings is 1. The molecule has 0 fully saturated rings. The number of nitrogens with zero attached hydrogens (tertiary/aromatic N) is 2. The second-order valence-corrected chi connectivity index (χ2v) is 4.20.